The van der Waals surface area contributed by atoms with Crippen LogP contribution in [0.5, 0.6) is 0 Å². The van der Waals surface area contributed by atoms with Gasteiger partial charge in [-0.05, 0) is 41.8 Å². The molecular weight excluding hydrogens is 425 g/mol. The summed E-state index contributed by atoms with van der Waals surface area (Å²) >= 11 is 13.1. The van der Waals surface area contributed by atoms with Crippen LogP contribution in [0.3, 0.4) is 0 Å². The molecule has 0 nitrogen and oxygen atoms in total. The first-order valence-electron chi connectivity index (χ1n) is 6.32. The molecule has 0 atom stereocenters. The van der Waals surface area contributed by atoms with Crippen LogP contribution in [0, 0.1) is 11.6 Å². The van der Waals surface area contributed by atoms with Gasteiger partial charge in [0.1, 0.15) is 11.6 Å². The van der Waals surface area contributed by atoms with E-state index < -0.39 is 11.6 Å². The summed E-state index contributed by atoms with van der Waals surface area (Å²) in [6.45, 7) is 0. The molecule has 0 aliphatic carbocycles. The van der Waals surface area contributed by atoms with E-state index in [2.05, 4.69) is 31.9 Å². The first kappa shape index (κ1) is 16.9. The lowest BCUT2D eigenvalue weighted by Gasteiger charge is -2.31. The van der Waals surface area contributed by atoms with Crippen LogP contribution in [-0.2, 0) is 11.8 Å². The molecule has 2 aromatic carbocycles. The van der Waals surface area contributed by atoms with Crippen LogP contribution in [0.25, 0.3) is 0 Å². The van der Waals surface area contributed by atoms with E-state index in [1.807, 2.05) is 18.2 Å². The molecule has 0 heterocycles. The molecule has 0 amide bonds. The Bertz CT molecular complexity index is 607. The van der Waals surface area contributed by atoms with E-state index in [1.54, 1.807) is 6.07 Å². The van der Waals surface area contributed by atoms with E-state index in [0.717, 1.165) is 11.6 Å². The van der Waals surface area contributed by atoms with E-state index in [1.165, 1.54) is 12.1 Å². The van der Waals surface area contributed by atoms with Crippen molar-refractivity contribution in [3.05, 3.63) is 70.2 Å². The minimum absolute atomic E-state index is 0.328. The molecule has 0 radical (unpaired) electrons. The SMILES string of the molecule is Fc1cc(F)cc(CC(CBr)(CBr)c2cccc(Cl)c2)c1. The molecule has 0 N–H and O–H groups in total. The number of alkyl halides is 2. The van der Waals surface area contributed by atoms with E-state index in [-0.39, 0.29) is 5.41 Å². The molecule has 0 aliphatic heterocycles. The molecule has 0 aromatic heterocycles. The van der Waals surface area contributed by atoms with Crippen LogP contribution in [0.4, 0.5) is 8.78 Å². The highest BCUT2D eigenvalue weighted by molar-refractivity contribution is 9.09. The zero-order chi connectivity index (χ0) is 15.5. The molecule has 0 bridgehead atoms. The topological polar surface area (TPSA) is 0 Å². The highest BCUT2D eigenvalue weighted by Gasteiger charge is 2.31. The molecule has 0 saturated heterocycles. The summed E-state index contributed by atoms with van der Waals surface area (Å²) in [6.07, 6.45) is 0.499. The first-order valence-corrected chi connectivity index (χ1v) is 8.94. The van der Waals surface area contributed by atoms with Crippen molar-refractivity contribution < 1.29 is 8.78 Å². The standard InChI is InChI=1S/C16H13Br2ClF2/c17-9-16(10-18,12-2-1-3-13(19)6-12)8-11-4-14(20)7-15(21)5-11/h1-7H,8-10H2. The fourth-order valence-corrected chi connectivity index (χ4v) is 4.47. The number of halogens is 5. The van der Waals surface area contributed by atoms with Crippen molar-refractivity contribution in [3.8, 4) is 0 Å². The molecule has 112 valence electrons. The molecule has 2 rings (SSSR count). The second-order valence-corrected chi connectivity index (χ2v) is 6.57. The summed E-state index contributed by atoms with van der Waals surface area (Å²) in [6, 6.07) is 11.2. The summed E-state index contributed by atoms with van der Waals surface area (Å²) in [5.41, 5.74) is 1.31. The van der Waals surface area contributed by atoms with Gasteiger partial charge < -0.3 is 0 Å². The Morgan fingerprint density at radius 1 is 0.952 bits per heavy atom. The molecule has 5 heteroatoms. The quantitative estimate of drug-likeness (QED) is 0.511. The monoisotopic (exact) mass is 436 g/mol. The van der Waals surface area contributed by atoms with Crippen molar-refractivity contribution in [2.75, 3.05) is 10.7 Å². The third kappa shape index (κ3) is 4.05. The van der Waals surface area contributed by atoms with Crippen LogP contribution >= 0.6 is 43.5 Å². The minimum Gasteiger partial charge on any atom is -0.207 e. The molecule has 0 spiro atoms. The molecule has 0 unspecified atom stereocenters. The Morgan fingerprint density at radius 2 is 1.57 bits per heavy atom. The van der Waals surface area contributed by atoms with Crippen molar-refractivity contribution in [2.24, 2.45) is 0 Å². The van der Waals surface area contributed by atoms with E-state index in [0.29, 0.717) is 27.7 Å². The largest absolute Gasteiger partial charge is 0.207 e. The molecule has 0 saturated carbocycles. The van der Waals surface area contributed by atoms with Gasteiger partial charge in [0.25, 0.3) is 0 Å². The molecular formula is C16H13Br2ClF2. The smallest absolute Gasteiger partial charge is 0.126 e. The van der Waals surface area contributed by atoms with Gasteiger partial charge >= 0.3 is 0 Å². The van der Waals surface area contributed by atoms with Gasteiger partial charge in [-0.25, -0.2) is 8.78 Å². The van der Waals surface area contributed by atoms with Gasteiger partial charge in [-0.2, -0.15) is 0 Å². The van der Waals surface area contributed by atoms with Gasteiger partial charge in [0, 0.05) is 27.2 Å². The van der Waals surface area contributed by atoms with Gasteiger partial charge in [0.2, 0.25) is 0 Å². The van der Waals surface area contributed by atoms with Crippen molar-refractivity contribution in [1.29, 1.82) is 0 Å². The van der Waals surface area contributed by atoms with Crippen LogP contribution in [-0.4, -0.2) is 10.7 Å². The lowest BCUT2D eigenvalue weighted by Crippen LogP contribution is -2.33. The lowest BCUT2D eigenvalue weighted by molar-refractivity contribution is 0.537. The number of rotatable bonds is 5. The molecule has 0 aliphatic rings. The zero-order valence-corrected chi connectivity index (χ0v) is 15.0. The highest BCUT2D eigenvalue weighted by Crippen LogP contribution is 2.34. The van der Waals surface area contributed by atoms with E-state index >= 15 is 0 Å². The Labute approximate surface area is 144 Å². The van der Waals surface area contributed by atoms with Crippen molar-refractivity contribution >= 4 is 43.5 Å². The third-order valence-corrected chi connectivity index (χ3v) is 5.80. The van der Waals surface area contributed by atoms with Crippen molar-refractivity contribution in [3.63, 3.8) is 0 Å². The Morgan fingerprint density at radius 3 is 2.10 bits per heavy atom. The maximum atomic E-state index is 13.4. The van der Waals surface area contributed by atoms with Gasteiger partial charge in [-0.1, -0.05) is 55.6 Å². The maximum Gasteiger partial charge on any atom is 0.126 e. The van der Waals surface area contributed by atoms with Gasteiger partial charge in [0.05, 0.1) is 0 Å². The number of hydrogen-bond acceptors (Lipinski definition) is 0. The Kier molecular flexibility index (Phi) is 5.81. The summed E-state index contributed by atoms with van der Waals surface area (Å²) < 4.78 is 26.8. The number of hydrogen-bond donors (Lipinski definition) is 0. The zero-order valence-electron chi connectivity index (χ0n) is 11.1. The summed E-state index contributed by atoms with van der Waals surface area (Å²) in [4.78, 5) is 0. The van der Waals surface area contributed by atoms with Crippen molar-refractivity contribution in [1.82, 2.24) is 0 Å². The fourth-order valence-electron chi connectivity index (χ4n) is 2.31. The van der Waals surface area contributed by atoms with Gasteiger partial charge in [-0.15, -0.1) is 0 Å². The summed E-state index contributed by atoms with van der Waals surface area (Å²) in [7, 11) is 0. The average molecular weight is 439 g/mol. The number of benzene rings is 2. The van der Waals surface area contributed by atoms with Crippen LogP contribution in [0.15, 0.2) is 42.5 Å². The van der Waals surface area contributed by atoms with Crippen LogP contribution in [0.2, 0.25) is 5.02 Å². The fraction of sp³-hybridized carbons (Fsp3) is 0.250. The van der Waals surface area contributed by atoms with Crippen LogP contribution in [0.1, 0.15) is 11.1 Å². The molecule has 2 aromatic rings. The highest BCUT2D eigenvalue weighted by atomic mass is 79.9. The second-order valence-electron chi connectivity index (χ2n) is 5.01. The predicted molar refractivity (Wildman–Crippen MR) is 90.8 cm³/mol. The summed E-state index contributed by atoms with van der Waals surface area (Å²) in [5, 5.41) is 1.93. The average Bonchev–Trinajstić information content (AvgIpc) is 2.44. The minimum atomic E-state index is -0.561. The summed E-state index contributed by atoms with van der Waals surface area (Å²) in [5.74, 6) is -1.12. The first-order chi connectivity index (χ1) is 9.99. The Balaban J connectivity index is 2.42. The lowest BCUT2D eigenvalue weighted by atomic mass is 9.79. The molecule has 0 fully saturated rings. The maximum absolute atomic E-state index is 13.4. The van der Waals surface area contributed by atoms with Crippen LogP contribution < -0.4 is 0 Å². The van der Waals surface area contributed by atoms with Gasteiger partial charge in [-0.3, -0.25) is 0 Å². The second kappa shape index (κ2) is 7.21. The molecule has 21 heavy (non-hydrogen) atoms. The normalized spacial score (nSPS) is 11.7. The third-order valence-electron chi connectivity index (χ3n) is 3.41. The van der Waals surface area contributed by atoms with E-state index in [9.17, 15) is 8.78 Å². The predicted octanol–water partition coefficient (Wildman–Crippen LogP) is 5.89. The van der Waals surface area contributed by atoms with Crippen molar-refractivity contribution in [2.45, 2.75) is 11.8 Å². The van der Waals surface area contributed by atoms with E-state index in [4.69, 9.17) is 11.6 Å². The Hall–Kier alpha value is -0.450. The van der Waals surface area contributed by atoms with Gasteiger partial charge in [0.15, 0.2) is 0 Å².